The van der Waals surface area contributed by atoms with Crippen molar-refractivity contribution in [3.8, 4) is 0 Å². The monoisotopic (exact) mass is 291 g/mol. The Morgan fingerprint density at radius 2 is 2.20 bits per heavy atom. The molecule has 2 aromatic rings. The summed E-state index contributed by atoms with van der Waals surface area (Å²) in [5.41, 5.74) is 1.22. The van der Waals surface area contributed by atoms with Gasteiger partial charge in [0.15, 0.2) is 5.83 Å². The van der Waals surface area contributed by atoms with Crippen molar-refractivity contribution in [3.05, 3.63) is 71.3 Å². The molecule has 0 unspecified atom stereocenters. The van der Waals surface area contributed by atoms with Crippen LogP contribution in [0.5, 0.6) is 0 Å². The van der Waals surface area contributed by atoms with Gasteiger partial charge in [0.2, 0.25) is 0 Å². The Balaban J connectivity index is 2.35. The summed E-state index contributed by atoms with van der Waals surface area (Å²) in [6, 6.07) is 8.60. The van der Waals surface area contributed by atoms with Crippen LogP contribution in [0.3, 0.4) is 0 Å². The van der Waals surface area contributed by atoms with Crippen molar-refractivity contribution < 1.29 is 9.18 Å². The molecular weight excluding hydrogens is 281 g/mol. The van der Waals surface area contributed by atoms with Crippen molar-refractivity contribution in [3.63, 3.8) is 0 Å². The van der Waals surface area contributed by atoms with E-state index in [0.29, 0.717) is 17.2 Å². The number of pyridine rings is 2. The third kappa shape index (κ3) is 3.61. The molecule has 0 aromatic carbocycles. The summed E-state index contributed by atoms with van der Waals surface area (Å²) in [4.78, 5) is 18.9. The molecule has 0 N–H and O–H groups in total. The van der Waals surface area contributed by atoms with E-state index in [0.717, 1.165) is 5.56 Å². The number of amides is 1. The fourth-order valence-electron chi connectivity index (χ4n) is 1.56. The van der Waals surface area contributed by atoms with Crippen molar-refractivity contribution in [1.82, 2.24) is 9.55 Å². The quantitative estimate of drug-likeness (QED) is 0.644. The zero-order valence-corrected chi connectivity index (χ0v) is 11.2. The number of hydrogen-bond acceptors (Lipinski definition) is 2. The average molecular weight is 292 g/mol. The average Bonchev–Trinajstić information content (AvgIpc) is 2.43. The van der Waals surface area contributed by atoms with Crippen LogP contribution in [0.15, 0.2) is 60.1 Å². The van der Waals surface area contributed by atoms with Crippen LogP contribution in [0.4, 0.5) is 4.39 Å². The van der Waals surface area contributed by atoms with Gasteiger partial charge in [-0.3, -0.25) is 4.79 Å². The zero-order chi connectivity index (χ0) is 14.5. The van der Waals surface area contributed by atoms with Gasteiger partial charge in [0.1, 0.15) is 10.6 Å². The molecule has 0 saturated carbocycles. The summed E-state index contributed by atoms with van der Waals surface area (Å²) in [7, 11) is 0. The first-order chi connectivity index (χ1) is 9.56. The molecule has 1 amide bonds. The highest BCUT2D eigenvalue weighted by molar-refractivity contribution is 6.29. The fraction of sp³-hybridized carbons (Fsp3) is 0.0714. The third-order valence-corrected chi connectivity index (χ3v) is 2.73. The van der Waals surface area contributed by atoms with Crippen LogP contribution in [0.25, 0.3) is 0 Å². The molecule has 0 bridgehead atoms. The number of aromatic nitrogens is 2. The van der Waals surface area contributed by atoms with E-state index >= 15 is 0 Å². The molecule has 0 atom stereocenters. The Kier molecular flexibility index (Phi) is 4.42. The highest BCUT2D eigenvalue weighted by atomic mass is 35.5. The van der Waals surface area contributed by atoms with E-state index in [-0.39, 0.29) is 0 Å². The molecule has 0 radical (unpaired) electrons. The maximum atomic E-state index is 12.7. The minimum absolute atomic E-state index is 0.339. The smallest absolute Gasteiger partial charge is 0.307 e. The van der Waals surface area contributed by atoms with Crippen LogP contribution >= 0.6 is 11.6 Å². The Morgan fingerprint density at radius 1 is 1.40 bits per heavy atom. The van der Waals surface area contributed by atoms with Crippen molar-refractivity contribution in [1.29, 1.82) is 0 Å². The predicted molar refractivity (Wildman–Crippen MR) is 73.6 cm³/mol. The standard InChI is InChI=1S/C14H11ClFN3O/c1-10(16)14(20)18-13-4-2-3-7-19(13)9-11-5-6-12(15)17-8-11/h2-8H,1,9H2. The molecule has 0 fully saturated rings. The van der Waals surface area contributed by atoms with Crippen LogP contribution in [0.1, 0.15) is 5.56 Å². The zero-order valence-electron chi connectivity index (χ0n) is 10.5. The topological polar surface area (TPSA) is 47.2 Å². The first kappa shape index (κ1) is 14.1. The van der Waals surface area contributed by atoms with E-state index in [2.05, 4.69) is 16.6 Å². The molecule has 20 heavy (non-hydrogen) atoms. The second-order valence-electron chi connectivity index (χ2n) is 4.00. The summed E-state index contributed by atoms with van der Waals surface area (Å²) in [6.07, 6.45) is 3.36. The lowest BCUT2D eigenvalue weighted by Gasteiger charge is -2.07. The highest BCUT2D eigenvalue weighted by Crippen LogP contribution is 2.06. The van der Waals surface area contributed by atoms with Gasteiger partial charge in [-0.25, -0.2) is 9.37 Å². The molecule has 0 spiro atoms. The van der Waals surface area contributed by atoms with Crippen LogP contribution in [-0.4, -0.2) is 15.5 Å². The third-order valence-electron chi connectivity index (χ3n) is 2.51. The normalized spacial score (nSPS) is 11.4. The van der Waals surface area contributed by atoms with E-state index in [9.17, 15) is 9.18 Å². The van der Waals surface area contributed by atoms with Crippen molar-refractivity contribution >= 4 is 17.5 Å². The van der Waals surface area contributed by atoms with E-state index in [1.165, 1.54) is 0 Å². The van der Waals surface area contributed by atoms with Gasteiger partial charge in [-0.05, 0) is 23.8 Å². The van der Waals surface area contributed by atoms with Crippen LogP contribution in [-0.2, 0) is 11.3 Å². The fourth-order valence-corrected chi connectivity index (χ4v) is 1.68. The molecule has 2 aromatic heterocycles. The van der Waals surface area contributed by atoms with Gasteiger partial charge in [-0.15, -0.1) is 0 Å². The SMILES string of the molecule is C=C(F)C(=O)N=c1ccccn1Cc1ccc(Cl)nc1. The van der Waals surface area contributed by atoms with Crippen molar-refractivity contribution in [2.75, 3.05) is 0 Å². The molecule has 102 valence electrons. The summed E-state index contributed by atoms with van der Waals surface area (Å²) in [6.45, 7) is 3.37. The van der Waals surface area contributed by atoms with Gasteiger partial charge in [0, 0.05) is 12.4 Å². The lowest BCUT2D eigenvalue weighted by Crippen LogP contribution is -2.22. The van der Waals surface area contributed by atoms with E-state index in [1.807, 2.05) is 6.07 Å². The second-order valence-corrected chi connectivity index (χ2v) is 4.39. The summed E-state index contributed by atoms with van der Waals surface area (Å²) in [5.74, 6) is -2.08. The van der Waals surface area contributed by atoms with E-state index < -0.39 is 11.7 Å². The Morgan fingerprint density at radius 3 is 2.85 bits per heavy atom. The maximum absolute atomic E-state index is 12.7. The molecule has 0 aliphatic carbocycles. The number of rotatable bonds is 3. The first-order valence-corrected chi connectivity index (χ1v) is 6.13. The van der Waals surface area contributed by atoms with Crippen molar-refractivity contribution in [2.24, 2.45) is 4.99 Å². The Labute approximate surface area is 119 Å². The minimum Gasteiger partial charge on any atom is -0.328 e. The lowest BCUT2D eigenvalue weighted by molar-refractivity contribution is -0.116. The Hall–Kier alpha value is -2.27. The number of halogens is 2. The van der Waals surface area contributed by atoms with Gasteiger partial charge in [-0.2, -0.15) is 4.99 Å². The summed E-state index contributed by atoms with van der Waals surface area (Å²) >= 11 is 5.72. The highest BCUT2D eigenvalue weighted by Gasteiger charge is 2.04. The number of carbonyl (C=O) groups excluding carboxylic acids is 1. The van der Waals surface area contributed by atoms with Crippen LogP contribution in [0, 0.1) is 0 Å². The van der Waals surface area contributed by atoms with E-state index in [4.69, 9.17) is 11.6 Å². The van der Waals surface area contributed by atoms with Gasteiger partial charge >= 0.3 is 5.91 Å². The molecule has 2 heterocycles. The molecule has 0 aliphatic heterocycles. The lowest BCUT2D eigenvalue weighted by atomic mass is 10.3. The minimum atomic E-state index is -1.09. The van der Waals surface area contributed by atoms with Gasteiger partial charge in [0.25, 0.3) is 0 Å². The summed E-state index contributed by atoms with van der Waals surface area (Å²) in [5, 5.41) is 0.403. The molecule has 6 heteroatoms. The second kappa shape index (κ2) is 6.25. The van der Waals surface area contributed by atoms with E-state index in [1.54, 1.807) is 41.2 Å². The maximum Gasteiger partial charge on any atom is 0.307 e. The van der Waals surface area contributed by atoms with Crippen LogP contribution in [0.2, 0.25) is 5.15 Å². The van der Waals surface area contributed by atoms with Gasteiger partial charge < -0.3 is 4.57 Å². The largest absolute Gasteiger partial charge is 0.328 e. The molecule has 0 aliphatic rings. The van der Waals surface area contributed by atoms with Gasteiger partial charge in [0.05, 0.1) is 6.54 Å². The molecule has 4 nitrogen and oxygen atoms in total. The predicted octanol–water partition coefficient (Wildman–Crippen LogP) is 2.50. The van der Waals surface area contributed by atoms with Crippen LogP contribution < -0.4 is 5.49 Å². The summed E-state index contributed by atoms with van der Waals surface area (Å²) < 4.78 is 14.4. The molecule has 0 saturated heterocycles. The van der Waals surface area contributed by atoms with Gasteiger partial charge in [-0.1, -0.05) is 30.3 Å². The molecule has 2 rings (SSSR count). The number of carbonyl (C=O) groups is 1. The van der Waals surface area contributed by atoms with Crippen molar-refractivity contribution in [2.45, 2.75) is 6.54 Å². The molecular formula is C14H11ClFN3O. The number of hydrogen-bond donors (Lipinski definition) is 0. The number of nitrogens with zero attached hydrogens (tertiary/aromatic N) is 3. The first-order valence-electron chi connectivity index (χ1n) is 5.75. The Bertz CT molecular complexity index is 707.